The highest BCUT2D eigenvalue weighted by Gasteiger charge is 2.25. The van der Waals surface area contributed by atoms with Gasteiger partial charge in [0.25, 0.3) is 0 Å². The van der Waals surface area contributed by atoms with Crippen molar-refractivity contribution in [3.8, 4) is 0 Å². The van der Waals surface area contributed by atoms with Gasteiger partial charge in [0.15, 0.2) is 9.84 Å². The number of carbonyl (C=O) groups excluding carboxylic acids is 1. The first-order valence-electron chi connectivity index (χ1n) is 6.50. The Bertz CT molecular complexity index is 379. The van der Waals surface area contributed by atoms with Gasteiger partial charge in [0.05, 0.1) is 5.75 Å². The molecule has 5 nitrogen and oxygen atoms in total. The highest BCUT2D eigenvalue weighted by atomic mass is 32.2. The number of nitrogens with one attached hydrogen (secondary N) is 2. The van der Waals surface area contributed by atoms with Crippen molar-refractivity contribution in [1.82, 2.24) is 10.6 Å². The summed E-state index contributed by atoms with van der Waals surface area (Å²) in [5.41, 5.74) is 0. The van der Waals surface area contributed by atoms with Crippen LogP contribution in [0.25, 0.3) is 0 Å². The maximum absolute atomic E-state index is 11.7. The summed E-state index contributed by atoms with van der Waals surface area (Å²) in [6, 6.07) is 0.0421. The molecule has 18 heavy (non-hydrogen) atoms. The topological polar surface area (TPSA) is 75.3 Å². The molecule has 1 aliphatic heterocycles. The summed E-state index contributed by atoms with van der Waals surface area (Å²) in [5, 5.41) is 6.02. The second kappa shape index (κ2) is 6.52. The summed E-state index contributed by atoms with van der Waals surface area (Å²) in [4.78, 5) is 11.7. The van der Waals surface area contributed by atoms with Crippen LogP contribution in [0.3, 0.4) is 0 Å². The molecule has 2 unspecified atom stereocenters. The molecule has 1 saturated heterocycles. The molecule has 0 aromatic rings. The number of carbonyl (C=O) groups is 1. The van der Waals surface area contributed by atoms with E-state index in [1.807, 2.05) is 13.8 Å². The van der Waals surface area contributed by atoms with Crippen LogP contribution in [0.2, 0.25) is 0 Å². The standard InChI is InChI=1S/C12H24N2O3S/c1-9(2)7-18(16,17)8-12(15)14-11-6-13-5-4-10(11)3/h9-11,13H,4-8H2,1-3H3,(H,14,15). The van der Waals surface area contributed by atoms with Gasteiger partial charge in [0.2, 0.25) is 5.91 Å². The third-order valence-corrected chi connectivity index (χ3v) is 4.99. The average Bonchev–Trinajstić information content (AvgIpc) is 2.18. The quantitative estimate of drug-likeness (QED) is 0.751. The predicted molar refractivity (Wildman–Crippen MR) is 72.1 cm³/mol. The lowest BCUT2D eigenvalue weighted by Gasteiger charge is -2.30. The zero-order valence-corrected chi connectivity index (χ0v) is 12.2. The van der Waals surface area contributed by atoms with E-state index in [2.05, 4.69) is 17.6 Å². The summed E-state index contributed by atoms with van der Waals surface area (Å²) in [6.07, 6.45) is 1.00. The molecule has 0 aromatic carbocycles. The average molecular weight is 276 g/mol. The summed E-state index contributed by atoms with van der Waals surface area (Å²) >= 11 is 0. The monoisotopic (exact) mass is 276 g/mol. The van der Waals surface area contributed by atoms with Crippen LogP contribution in [0.4, 0.5) is 0 Å². The third-order valence-electron chi connectivity index (χ3n) is 3.11. The molecule has 1 heterocycles. The van der Waals surface area contributed by atoms with Gasteiger partial charge >= 0.3 is 0 Å². The first-order chi connectivity index (χ1) is 8.30. The van der Waals surface area contributed by atoms with Gasteiger partial charge in [0.1, 0.15) is 5.75 Å². The van der Waals surface area contributed by atoms with Gasteiger partial charge in [-0.15, -0.1) is 0 Å². The van der Waals surface area contributed by atoms with E-state index in [0.717, 1.165) is 19.5 Å². The summed E-state index contributed by atoms with van der Waals surface area (Å²) in [7, 11) is -3.28. The fraction of sp³-hybridized carbons (Fsp3) is 0.917. The Morgan fingerprint density at radius 3 is 2.67 bits per heavy atom. The van der Waals surface area contributed by atoms with Gasteiger partial charge in [-0.2, -0.15) is 0 Å². The van der Waals surface area contributed by atoms with Crippen molar-refractivity contribution < 1.29 is 13.2 Å². The minimum Gasteiger partial charge on any atom is -0.351 e. The van der Waals surface area contributed by atoms with Gasteiger partial charge in [-0.05, 0) is 24.8 Å². The summed E-state index contributed by atoms with van der Waals surface area (Å²) < 4.78 is 23.4. The lowest BCUT2D eigenvalue weighted by Crippen LogP contribution is -2.51. The van der Waals surface area contributed by atoms with Gasteiger partial charge in [0, 0.05) is 12.6 Å². The molecule has 1 aliphatic rings. The summed E-state index contributed by atoms with van der Waals surface area (Å²) in [6.45, 7) is 7.43. The zero-order valence-electron chi connectivity index (χ0n) is 11.4. The van der Waals surface area contributed by atoms with E-state index in [1.54, 1.807) is 0 Å². The van der Waals surface area contributed by atoms with Crippen molar-refractivity contribution in [1.29, 1.82) is 0 Å². The van der Waals surface area contributed by atoms with E-state index in [0.29, 0.717) is 5.92 Å². The number of piperidine rings is 1. The number of rotatable bonds is 5. The Hall–Kier alpha value is -0.620. The van der Waals surface area contributed by atoms with E-state index in [1.165, 1.54) is 0 Å². The molecule has 2 N–H and O–H groups in total. The van der Waals surface area contributed by atoms with Crippen molar-refractivity contribution in [2.24, 2.45) is 11.8 Å². The number of amides is 1. The van der Waals surface area contributed by atoms with Crippen LogP contribution in [0, 0.1) is 11.8 Å². The number of sulfone groups is 1. The van der Waals surface area contributed by atoms with Gasteiger partial charge in [-0.25, -0.2) is 8.42 Å². The maximum Gasteiger partial charge on any atom is 0.235 e. The SMILES string of the molecule is CC(C)CS(=O)(=O)CC(=O)NC1CNCCC1C. The lowest BCUT2D eigenvalue weighted by molar-refractivity contribution is -0.119. The first kappa shape index (κ1) is 15.4. The molecular weight excluding hydrogens is 252 g/mol. The van der Waals surface area contributed by atoms with E-state index in [-0.39, 0.29) is 23.6 Å². The van der Waals surface area contributed by atoms with Crippen molar-refractivity contribution in [3.63, 3.8) is 0 Å². The van der Waals surface area contributed by atoms with Crippen molar-refractivity contribution in [2.45, 2.75) is 33.2 Å². The molecular formula is C12H24N2O3S. The Balaban J connectivity index is 2.46. The van der Waals surface area contributed by atoms with E-state index in [9.17, 15) is 13.2 Å². The molecule has 0 saturated carbocycles. The molecule has 6 heteroatoms. The zero-order chi connectivity index (χ0) is 13.8. The predicted octanol–water partition coefficient (Wildman–Crippen LogP) is 0.171. The van der Waals surface area contributed by atoms with E-state index >= 15 is 0 Å². The fourth-order valence-corrected chi connectivity index (χ4v) is 3.81. The molecule has 0 spiro atoms. The summed E-state index contributed by atoms with van der Waals surface area (Å²) in [5.74, 6) is -0.259. The van der Waals surface area contributed by atoms with Crippen molar-refractivity contribution >= 4 is 15.7 Å². The minimum atomic E-state index is -3.28. The molecule has 0 aliphatic carbocycles. The molecule has 1 rings (SSSR count). The normalized spacial score (nSPS) is 25.1. The van der Waals surface area contributed by atoms with Crippen LogP contribution >= 0.6 is 0 Å². The van der Waals surface area contributed by atoms with Crippen molar-refractivity contribution in [3.05, 3.63) is 0 Å². The van der Waals surface area contributed by atoms with Gasteiger partial charge in [-0.1, -0.05) is 20.8 Å². The van der Waals surface area contributed by atoms with E-state index < -0.39 is 15.6 Å². The smallest absolute Gasteiger partial charge is 0.235 e. The van der Waals surface area contributed by atoms with Crippen LogP contribution in [-0.2, 0) is 14.6 Å². The van der Waals surface area contributed by atoms with Crippen LogP contribution in [-0.4, -0.2) is 45.0 Å². The Morgan fingerprint density at radius 1 is 1.44 bits per heavy atom. The Morgan fingerprint density at radius 2 is 2.11 bits per heavy atom. The Labute approximate surface area is 110 Å². The number of hydrogen-bond acceptors (Lipinski definition) is 4. The maximum atomic E-state index is 11.7. The minimum absolute atomic E-state index is 0.0421. The third kappa shape index (κ3) is 5.35. The van der Waals surface area contributed by atoms with Crippen LogP contribution < -0.4 is 10.6 Å². The van der Waals surface area contributed by atoms with Gasteiger partial charge in [-0.3, -0.25) is 4.79 Å². The molecule has 2 atom stereocenters. The molecule has 1 fully saturated rings. The first-order valence-corrected chi connectivity index (χ1v) is 8.33. The highest BCUT2D eigenvalue weighted by Crippen LogP contribution is 2.11. The fourth-order valence-electron chi connectivity index (χ4n) is 2.20. The van der Waals surface area contributed by atoms with Crippen LogP contribution in [0.1, 0.15) is 27.2 Å². The highest BCUT2D eigenvalue weighted by molar-refractivity contribution is 7.92. The second-order valence-corrected chi connectivity index (χ2v) is 7.70. The molecule has 0 bridgehead atoms. The molecule has 1 amide bonds. The molecule has 0 radical (unpaired) electrons. The lowest BCUT2D eigenvalue weighted by atomic mass is 9.95. The second-order valence-electron chi connectivity index (χ2n) is 5.59. The van der Waals surface area contributed by atoms with E-state index in [4.69, 9.17) is 0 Å². The van der Waals surface area contributed by atoms with Crippen molar-refractivity contribution in [2.75, 3.05) is 24.6 Å². The van der Waals surface area contributed by atoms with Gasteiger partial charge < -0.3 is 10.6 Å². The molecule has 106 valence electrons. The van der Waals surface area contributed by atoms with Crippen LogP contribution in [0.5, 0.6) is 0 Å². The molecule has 0 aromatic heterocycles. The number of hydrogen-bond donors (Lipinski definition) is 2. The van der Waals surface area contributed by atoms with Crippen LogP contribution in [0.15, 0.2) is 0 Å². The largest absolute Gasteiger partial charge is 0.351 e. The Kier molecular flexibility index (Phi) is 5.59.